The van der Waals surface area contributed by atoms with Crippen molar-refractivity contribution in [2.24, 2.45) is 0 Å². The van der Waals surface area contributed by atoms with Crippen molar-refractivity contribution in [2.45, 2.75) is 26.8 Å². The molecule has 5 heteroatoms. The number of urea groups is 1. The zero-order valence-corrected chi connectivity index (χ0v) is 11.0. The lowest BCUT2D eigenvalue weighted by atomic mass is 10.1. The normalized spacial score (nSPS) is 11.8. The first-order chi connectivity index (χ1) is 8.32. The van der Waals surface area contributed by atoms with Crippen molar-refractivity contribution < 1.29 is 14.7 Å². The molecule has 1 unspecified atom stereocenters. The maximum Gasteiger partial charge on any atom is 0.326 e. The van der Waals surface area contributed by atoms with Crippen LogP contribution in [-0.2, 0) is 4.79 Å². The quantitative estimate of drug-likeness (QED) is 0.864. The molecule has 0 aliphatic carbocycles. The molecule has 0 spiro atoms. The average molecular weight is 250 g/mol. The fraction of sp³-hybridized carbons (Fsp3) is 0.385. The second-order valence-corrected chi connectivity index (χ2v) is 4.37. The number of carboxylic acid groups (broad SMARTS) is 1. The summed E-state index contributed by atoms with van der Waals surface area (Å²) in [7, 11) is 1.46. The Bertz CT molecular complexity index is 471. The van der Waals surface area contributed by atoms with E-state index in [0.717, 1.165) is 16.0 Å². The standard InChI is InChI=1S/C13H18N2O3/c1-8-5-6-11(9(2)7-8)14-13(18)15(4)10(3)12(16)17/h5-7,10H,1-4H3,(H,14,18)(H,16,17). The van der Waals surface area contributed by atoms with E-state index >= 15 is 0 Å². The SMILES string of the molecule is Cc1ccc(NC(=O)N(C)C(C)C(=O)O)c(C)c1. The zero-order chi connectivity index (χ0) is 13.9. The maximum atomic E-state index is 11.8. The van der Waals surface area contributed by atoms with Crippen LogP contribution in [-0.4, -0.2) is 35.1 Å². The van der Waals surface area contributed by atoms with Crippen molar-refractivity contribution >= 4 is 17.7 Å². The van der Waals surface area contributed by atoms with E-state index in [1.165, 1.54) is 14.0 Å². The molecule has 0 saturated carbocycles. The third-order valence-corrected chi connectivity index (χ3v) is 2.88. The number of benzene rings is 1. The molecule has 0 fully saturated rings. The van der Waals surface area contributed by atoms with E-state index in [1.54, 1.807) is 0 Å². The Balaban J connectivity index is 2.78. The Labute approximate surface area is 106 Å². The largest absolute Gasteiger partial charge is 0.480 e. The molecule has 0 radical (unpaired) electrons. The molecule has 2 N–H and O–H groups in total. The van der Waals surface area contributed by atoms with Gasteiger partial charge in [0.05, 0.1) is 0 Å². The highest BCUT2D eigenvalue weighted by Crippen LogP contribution is 2.16. The van der Waals surface area contributed by atoms with Crippen molar-refractivity contribution in [1.29, 1.82) is 0 Å². The van der Waals surface area contributed by atoms with Crippen LogP contribution in [0.15, 0.2) is 18.2 Å². The number of amides is 2. The molecule has 98 valence electrons. The number of aryl methyl sites for hydroxylation is 2. The molecular weight excluding hydrogens is 232 g/mol. The Morgan fingerprint density at radius 1 is 1.33 bits per heavy atom. The topological polar surface area (TPSA) is 69.6 Å². The predicted octanol–water partition coefficient (Wildman–Crippen LogP) is 2.24. The monoisotopic (exact) mass is 250 g/mol. The summed E-state index contributed by atoms with van der Waals surface area (Å²) in [6.45, 7) is 5.32. The predicted molar refractivity (Wildman–Crippen MR) is 69.8 cm³/mol. The summed E-state index contributed by atoms with van der Waals surface area (Å²) in [4.78, 5) is 23.8. The highest BCUT2D eigenvalue weighted by atomic mass is 16.4. The zero-order valence-electron chi connectivity index (χ0n) is 11.0. The second-order valence-electron chi connectivity index (χ2n) is 4.37. The molecular formula is C13H18N2O3. The van der Waals surface area contributed by atoms with Crippen molar-refractivity contribution in [3.05, 3.63) is 29.3 Å². The number of anilines is 1. The van der Waals surface area contributed by atoms with E-state index in [1.807, 2.05) is 32.0 Å². The molecule has 0 bridgehead atoms. The lowest BCUT2D eigenvalue weighted by Crippen LogP contribution is -2.42. The van der Waals surface area contributed by atoms with Gasteiger partial charge in [0, 0.05) is 12.7 Å². The number of aliphatic carboxylic acids is 1. The highest BCUT2D eigenvalue weighted by Gasteiger charge is 2.21. The van der Waals surface area contributed by atoms with Gasteiger partial charge in [-0.1, -0.05) is 17.7 Å². The van der Waals surface area contributed by atoms with E-state index in [9.17, 15) is 9.59 Å². The van der Waals surface area contributed by atoms with Gasteiger partial charge in [-0.3, -0.25) is 0 Å². The molecule has 2 amide bonds. The van der Waals surface area contributed by atoms with Crippen LogP contribution in [0.3, 0.4) is 0 Å². The first kappa shape index (κ1) is 14.0. The van der Waals surface area contributed by atoms with Gasteiger partial charge in [0.15, 0.2) is 0 Å². The van der Waals surface area contributed by atoms with E-state index < -0.39 is 18.0 Å². The number of rotatable bonds is 3. The van der Waals surface area contributed by atoms with Crippen LogP contribution in [0.1, 0.15) is 18.1 Å². The van der Waals surface area contributed by atoms with E-state index in [-0.39, 0.29) is 0 Å². The Hall–Kier alpha value is -2.04. The number of hydrogen-bond donors (Lipinski definition) is 2. The van der Waals surface area contributed by atoms with Gasteiger partial charge in [-0.25, -0.2) is 9.59 Å². The molecule has 5 nitrogen and oxygen atoms in total. The van der Waals surface area contributed by atoms with Crippen LogP contribution in [0.2, 0.25) is 0 Å². The minimum atomic E-state index is -1.03. The van der Waals surface area contributed by atoms with Gasteiger partial charge in [-0.05, 0) is 32.4 Å². The van der Waals surface area contributed by atoms with Crippen LogP contribution >= 0.6 is 0 Å². The van der Waals surface area contributed by atoms with Crippen molar-refractivity contribution in [3.8, 4) is 0 Å². The summed E-state index contributed by atoms with van der Waals surface area (Å²) in [5.41, 5.74) is 2.74. The number of nitrogens with one attached hydrogen (secondary N) is 1. The van der Waals surface area contributed by atoms with Crippen LogP contribution in [0.5, 0.6) is 0 Å². The summed E-state index contributed by atoms with van der Waals surface area (Å²) in [6.07, 6.45) is 0. The summed E-state index contributed by atoms with van der Waals surface area (Å²) in [5.74, 6) is -1.03. The lowest BCUT2D eigenvalue weighted by Gasteiger charge is -2.22. The summed E-state index contributed by atoms with van der Waals surface area (Å²) < 4.78 is 0. The Kier molecular flexibility index (Phi) is 4.31. The molecule has 18 heavy (non-hydrogen) atoms. The number of nitrogens with zero attached hydrogens (tertiary/aromatic N) is 1. The van der Waals surface area contributed by atoms with Crippen LogP contribution < -0.4 is 5.32 Å². The number of likely N-dealkylation sites (N-methyl/N-ethyl adjacent to an activating group) is 1. The van der Waals surface area contributed by atoms with E-state index in [0.29, 0.717) is 5.69 Å². The van der Waals surface area contributed by atoms with Crippen molar-refractivity contribution in [3.63, 3.8) is 0 Å². The number of hydrogen-bond acceptors (Lipinski definition) is 2. The van der Waals surface area contributed by atoms with E-state index in [2.05, 4.69) is 5.32 Å². The minimum Gasteiger partial charge on any atom is -0.480 e. The smallest absolute Gasteiger partial charge is 0.326 e. The van der Waals surface area contributed by atoms with Gasteiger partial charge < -0.3 is 15.3 Å². The Morgan fingerprint density at radius 2 is 1.94 bits per heavy atom. The second kappa shape index (κ2) is 5.53. The molecule has 0 aliphatic heterocycles. The van der Waals surface area contributed by atoms with Crippen molar-refractivity contribution in [2.75, 3.05) is 12.4 Å². The number of carboxylic acids is 1. The van der Waals surface area contributed by atoms with Gasteiger partial charge in [-0.15, -0.1) is 0 Å². The molecule has 0 aliphatic rings. The summed E-state index contributed by atoms with van der Waals surface area (Å²) >= 11 is 0. The number of carbonyl (C=O) groups is 2. The van der Waals surface area contributed by atoms with Crippen LogP contribution in [0.4, 0.5) is 10.5 Å². The minimum absolute atomic E-state index is 0.433. The molecule has 0 aromatic heterocycles. The van der Waals surface area contributed by atoms with Crippen LogP contribution in [0.25, 0.3) is 0 Å². The summed E-state index contributed by atoms with van der Waals surface area (Å²) in [6, 6.07) is 4.36. The van der Waals surface area contributed by atoms with Crippen molar-refractivity contribution in [1.82, 2.24) is 4.90 Å². The highest BCUT2D eigenvalue weighted by molar-refractivity contribution is 5.92. The van der Waals surface area contributed by atoms with Gasteiger partial charge >= 0.3 is 12.0 Å². The van der Waals surface area contributed by atoms with Gasteiger partial charge in [-0.2, -0.15) is 0 Å². The first-order valence-corrected chi connectivity index (χ1v) is 5.66. The molecule has 1 atom stereocenters. The third-order valence-electron chi connectivity index (χ3n) is 2.88. The first-order valence-electron chi connectivity index (χ1n) is 5.66. The molecule has 1 rings (SSSR count). The number of carbonyl (C=O) groups excluding carboxylic acids is 1. The molecule has 0 saturated heterocycles. The fourth-order valence-corrected chi connectivity index (χ4v) is 1.50. The van der Waals surface area contributed by atoms with Crippen LogP contribution in [0, 0.1) is 13.8 Å². The third kappa shape index (κ3) is 3.23. The fourth-order valence-electron chi connectivity index (χ4n) is 1.50. The van der Waals surface area contributed by atoms with E-state index in [4.69, 9.17) is 5.11 Å². The summed E-state index contributed by atoms with van der Waals surface area (Å²) in [5, 5.41) is 11.5. The molecule has 1 aromatic carbocycles. The maximum absolute atomic E-state index is 11.8. The Morgan fingerprint density at radius 3 is 2.44 bits per heavy atom. The van der Waals surface area contributed by atoms with Gasteiger partial charge in [0.1, 0.15) is 6.04 Å². The van der Waals surface area contributed by atoms with Gasteiger partial charge in [0.2, 0.25) is 0 Å². The lowest BCUT2D eigenvalue weighted by molar-refractivity contribution is -0.141. The van der Waals surface area contributed by atoms with Gasteiger partial charge in [0.25, 0.3) is 0 Å². The molecule has 0 heterocycles. The molecule has 1 aromatic rings. The average Bonchev–Trinajstić information content (AvgIpc) is 2.30.